The van der Waals surface area contributed by atoms with Crippen LogP contribution in [0, 0.1) is 18.3 Å². The molecule has 5 nitrogen and oxygen atoms in total. The van der Waals surface area contributed by atoms with Crippen molar-refractivity contribution in [3.8, 4) is 12.3 Å². The molecule has 2 atom stereocenters. The molecule has 0 aromatic carbocycles. The molecule has 1 heterocycles. The summed E-state index contributed by atoms with van der Waals surface area (Å²) in [4.78, 5) is 26.6. The highest BCUT2D eigenvalue weighted by Crippen LogP contribution is 2.23. The van der Waals surface area contributed by atoms with Gasteiger partial charge in [0.2, 0.25) is 5.91 Å². The largest absolute Gasteiger partial charge is 0.480 e. The number of rotatable bonds is 4. The summed E-state index contributed by atoms with van der Waals surface area (Å²) in [6.45, 7) is 4.45. The molecular formula is C13H20N2O3. The highest BCUT2D eigenvalue weighted by molar-refractivity contribution is 5.85. The quantitative estimate of drug-likeness (QED) is 0.729. The Morgan fingerprint density at radius 3 is 2.61 bits per heavy atom. The smallest absolute Gasteiger partial charge is 0.326 e. The van der Waals surface area contributed by atoms with Crippen molar-refractivity contribution in [3.05, 3.63) is 0 Å². The summed E-state index contributed by atoms with van der Waals surface area (Å²) in [7, 11) is 1.85. The van der Waals surface area contributed by atoms with Crippen molar-refractivity contribution in [2.75, 3.05) is 20.1 Å². The highest BCUT2D eigenvalue weighted by atomic mass is 16.4. The third kappa shape index (κ3) is 3.02. The molecular weight excluding hydrogens is 232 g/mol. The molecule has 0 radical (unpaired) electrons. The van der Waals surface area contributed by atoms with Crippen LogP contribution in [-0.2, 0) is 9.59 Å². The van der Waals surface area contributed by atoms with Crippen LogP contribution in [0.1, 0.15) is 20.3 Å². The van der Waals surface area contributed by atoms with E-state index in [0.29, 0.717) is 19.5 Å². The molecule has 0 aromatic heterocycles. The van der Waals surface area contributed by atoms with Gasteiger partial charge < -0.3 is 10.0 Å². The Labute approximate surface area is 108 Å². The van der Waals surface area contributed by atoms with Crippen LogP contribution in [0.5, 0.6) is 0 Å². The predicted molar refractivity (Wildman–Crippen MR) is 67.8 cm³/mol. The Bertz CT molecular complexity index is 373. The summed E-state index contributed by atoms with van der Waals surface area (Å²) < 4.78 is 0. The lowest BCUT2D eigenvalue weighted by atomic mass is 10.1. The van der Waals surface area contributed by atoms with E-state index in [1.54, 1.807) is 13.8 Å². The first-order valence-electron chi connectivity index (χ1n) is 6.05. The van der Waals surface area contributed by atoms with E-state index in [1.807, 2.05) is 11.9 Å². The third-order valence-electron chi connectivity index (χ3n) is 3.31. The van der Waals surface area contributed by atoms with Gasteiger partial charge >= 0.3 is 5.97 Å². The van der Waals surface area contributed by atoms with Crippen LogP contribution < -0.4 is 0 Å². The molecule has 1 N–H and O–H groups in total. The first kappa shape index (κ1) is 14.5. The Morgan fingerprint density at radius 2 is 2.17 bits per heavy atom. The van der Waals surface area contributed by atoms with Gasteiger partial charge in [-0.3, -0.25) is 9.69 Å². The van der Waals surface area contributed by atoms with Gasteiger partial charge in [-0.15, -0.1) is 6.42 Å². The van der Waals surface area contributed by atoms with Crippen molar-refractivity contribution in [1.29, 1.82) is 0 Å². The molecule has 0 unspecified atom stereocenters. The van der Waals surface area contributed by atoms with E-state index in [2.05, 4.69) is 5.92 Å². The van der Waals surface area contributed by atoms with Crippen molar-refractivity contribution < 1.29 is 14.7 Å². The van der Waals surface area contributed by atoms with Gasteiger partial charge in [0.05, 0.1) is 6.54 Å². The van der Waals surface area contributed by atoms with Crippen LogP contribution in [0.15, 0.2) is 0 Å². The van der Waals surface area contributed by atoms with Crippen LogP contribution >= 0.6 is 0 Å². The monoisotopic (exact) mass is 252 g/mol. The summed E-state index contributed by atoms with van der Waals surface area (Å²) in [5.41, 5.74) is 0. The van der Waals surface area contributed by atoms with E-state index in [-0.39, 0.29) is 17.9 Å². The average Bonchev–Trinajstić information content (AvgIpc) is 2.72. The number of carbonyl (C=O) groups is 2. The molecule has 0 aliphatic carbocycles. The van der Waals surface area contributed by atoms with Gasteiger partial charge in [0.15, 0.2) is 0 Å². The van der Waals surface area contributed by atoms with Crippen molar-refractivity contribution in [1.82, 2.24) is 9.80 Å². The second-order valence-corrected chi connectivity index (χ2v) is 5.01. The van der Waals surface area contributed by atoms with Crippen LogP contribution in [0.2, 0.25) is 0 Å². The van der Waals surface area contributed by atoms with Crippen molar-refractivity contribution in [3.63, 3.8) is 0 Å². The first-order chi connectivity index (χ1) is 8.38. The molecule has 1 amide bonds. The first-order valence-corrected chi connectivity index (χ1v) is 6.05. The maximum absolute atomic E-state index is 12.0. The summed E-state index contributed by atoms with van der Waals surface area (Å²) in [6.07, 6.45) is 5.68. The molecule has 1 aliphatic rings. The molecule has 1 saturated heterocycles. The highest BCUT2D eigenvalue weighted by Gasteiger charge is 2.41. The van der Waals surface area contributed by atoms with Crippen LogP contribution in [0.3, 0.4) is 0 Å². The molecule has 1 rings (SSSR count). The van der Waals surface area contributed by atoms with Gasteiger partial charge in [-0.1, -0.05) is 19.8 Å². The topological polar surface area (TPSA) is 60.9 Å². The van der Waals surface area contributed by atoms with E-state index >= 15 is 0 Å². The van der Waals surface area contributed by atoms with Crippen molar-refractivity contribution in [2.24, 2.45) is 5.92 Å². The lowest BCUT2D eigenvalue weighted by Crippen LogP contribution is -2.43. The van der Waals surface area contributed by atoms with Gasteiger partial charge in [0.1, 0.15) is 6.04 Å². The van der Waals surface area contributed by atoms with E-state index in [4.69, 9.17) is 6.42 Å². The Morgan fingerprint density at radius 1 is 1.56 bits per heavy atom. The molecule has 0 bridgehead atoms. The van der Waals surface area contributed by atoms with Gasteiger partial charge in [-0.2, -0.15) is 0 Å². The van der Waals surface area contributed by atoms with Gasteiger partial charge in [-0.05, 0) is 13.5 Å². The van der Waals surface area contributed by atoms with Gasteiger partial charge in [-0.25, -0.2) is 4.79 Å². The molecule has 0 aromatic rings. The zero-order valence-corrected chi connectivity index (χ0v) is 11.1. The number of likely N-dealkylation sites (tertiary alicyclic amines) is 1. The van der Waals surface area contributed by atoms with Crippen molar-refractivity contribution in [2.45, 2.75) is 32.4 Å². The molecule has 1 aliphatic heterocycles. The minimum absolute atomic E-state index is 0.0184. The second-order valence-electron chi connectivity index (χ2n) is 5.01. The lowest BCUT2D eigenvalue weighted by molar-refractivity contribution is -0.149. The number of likely N-dealkylation sites (N-methyl/N-ethyl adjacent to an activating group) is 1. The van der Waals surface area contributed by atoms with Crippen LogP contribution in [-0.4, -0.2) is 59.0 Å². The number of nitrogens with zero attached hydrogens (tertiary/aromatic N) is 2. The molecule has 100 valence electrons. The number of amides is 1. The molecule has 1 fully saturated rings. The molecule has 0 saturated carbocycles. The minimum atomic E-state index is -0.944. The normalized spacial score (nSPS) is 23.4. The summed E-state index contributed by atoms with van der Waals surface area (Å²) in [5, 5.41) is 9.19. The number of terminal acetylenes is 1. The molecule has 0 spiro atoms. The summed E-state index contributed by atoms with van der Waals surface area (Å²) >= 11 is 0. The number of carbonyl (C=O) groups excluding carboxylic acids is 1. The zero-order valence-electron chi connectivity index (χ0n) is 11.1. The van der Waals surface area contributed by atoms with Crippen LogP contribution in [0.4, 0.5) is 0 Å². The number of hydrogen-bond donors (Lipinski definition) is 1. The Balaban J connectivity index is 2.81. The fourth-order valence-electron chi connectivity index (χ4n) is 2.22. The summed E-state index contributed by atoms with van der Waals surface area (Å²) in [5.74, 6) is 1.28. The Kier molecular flexibility index (Phi) is 4.74. The van der Waals surface area contributed by atoms with Gasteiger partial charge in [0.25, 0.3) is 0 Å². The summed E-state index contributed by atoms with van der Waals surface area (Å²) in [6, 6.07) is -0.713. The Hall–Kier alpha value is -1.54. The van der Waals surface area contributed by atoms with Crippen molar-refractivity contribution >= 4 is 11.9 Å². The number of hydrogen-bond acceptors (Lipinski definition) is 3. The van der Waals surface area contributed by atoms with E-state index in [1.165, 1.54) is 4.90 Å². The van der Waals surface area contributed by atoms with E-state index < -0.39 is 12.0 Å². The number of aliphatic carboxylic acids is 1. The van der Waals surface area contributed by atoms with Crippen LogP contribution in [0.25, 0.3) is 0 Å². The molecule has 5 heteroatoms. The van der Waals surface area contributed by atoms with E-state index in [0.717, 1.165) is 0 Å². The third-order valence-corrected chi connectivity index (χ3v) is 3.31. The predicted octanol–water partition coefficient (Wildman–Crippen LogP) is 0.261. The molecule has 18 heavy (non-hydrogen) atoms. The fraction of sp³-hybridized carbons (Fsp3) is 0.692. The minimum Gasteiger partial charge on any atom is -0.480 e. The number of carboxylic acids is 1. The zero-order chi connectivity index (χ0) is 13.9. The maximum Gasteiger partial charge on any atom is 0.326 e. The standard InChI is InChI=1S/C13H20N2O3/c1-5-6-14(4)10-7-11(13(17)18)15(8-10)12(16)9(2)3/h1,9-11H,6-8H2,2-4H3,(H,17,18)/t10-,11-/m0/s1. The maximum atomic E-state index is 12.0. The van der Waals surface area contributed by atoms with E-state index in [9.17, 15) is 14.7 Å². The average molecular weight is 252 g/mol. The lowest BCUT2D eigenvalue weighted by Gasteiger charge is -2.24. The number of carboxylic acid groups (broad SMARTS) is 1. The second kappa shape index (κ2) is 5.87. The fourth-order valence-corrected chi connectivity index (χ4v) is 2.22. The SMILES string of the molecule is C#CCN(C)[C@H]1C[C@@H](C(=O)O)N(C(=O)C(C)C)C1. The van der Waals surface area contributed by atoms with Gasteiger partial charge in [0, 0.05) is 18.5 Å².